The Labute approximate surface area is 199 Å². The van der Waals surface area contributed by atoms with E-state index in [0.29, 0.717) is 51.5 Å². The van der Waals surface area contributed by atoms with Crippen LogP contribution in [0.1, 0.15) is 28.2 Å². The van der Waals surface area contributed by atoms with Gasteiger partial charge in [0.2, 0.25) is 10.0 Å². The van der Waals surface area contributed by atoms with Crippen molar-refractivity contribution < 1.29 is 17.5 Å². The van der Waals surface area contributed by atoms with Crippen LogP contribution < -0.4 is 4.90 Å². The van der Waals surface area contributed by atoms with Gasteiger partial charge in [0.05, 0.1) is 23.8 Å². The highest BCUT2D eigenvalue weighted by Crippen LogP contribution is 2.31. The number of fused-ring (bicyclic) bond motifs is 1. The summed E-state index contributed by atoms with van der Waals surface area (Å²) in [5.41, 5.74) is 3.51. The standard InChI is InChI=1S/C25H27FN4O3S/c1-18-5-7-21(8-6-18)34(31,32)30-10-9-23-22(17-30)25(29-11-13-33-14-12-29)28-24(27-23)16-19-3-2-4-20(26)15-19/h2-8,15H,9-14,16-17H2,1H3. The van der Waals surface area contributed by atoms with Crippen molar-refractivity contribution in [2.45, 2.75) is 31.2 Å². The molecule has 0 unspecified atom stereocenters. The van der Waals surface area contributed by atoms with E-state index in [1.807, 2.05) is 25.1 Å². The van der Waals surface area contributed by atoms with Crippen LogP contribution in [0.4, 0.5) is 10.2 Å². The molecule has 0 atom stereocenters. The second-order valence-electron chi connectivity index (χ2n) is 8.70. The molecule has 0 saturated carbocycles. The minimum absolute atomic E-state index is 0.221. The third-order valence-corrected chi connectivity index (χ3v) is 8.13. The molecule has 1 saturated heterocycles. The van der Waals surface area contributed by atoms with Crippen LogP contribution in [0.2, 0.25) is 0 Å². The molecule has 0 radical (unpaired) electrons. The molecule has 0 amide bonds. The van der Waals surface area contributed by atoms with Gasteiger partial charge in [-0.2, -0.15) is 4.31 Å². The summed E-state index contributed by atoms with van der Waals surface area (Å²) in [6, 6.07) is 13.4. The first-order valence-corrected chi connectivity index (χ1v) is 12.9. The summed E-state index contributed by atoms with van der Waals surface area (Å²) in [6.45, 7) is 5.02. The van der Waals surface area contributed by atoms with Crippen LogP contribution in [-0.2, 0) is 34.1 Å². The lowest BCUT2D eigenvalue weighted by molar-refractivity contribution is 0.122. The fourth-order valence-electron chi connectivity index (χ4n) is 4.43. The van der Waals surface area contributed by atoms with E-state index in [4.69, 9.17) is 14.7 Å². The van der Waals surface area contributed by atoms with Gasteiger partial charge >= 0.3 is 0 Å². The van der Waals surface area contributed by atoms with Gasteiger partial charge in [-0.05, 0) is 36.8 Å². The van der Waals surface area contributed by atoms with E-state index in [9.17, 15) is 12.8 Å². The number of aryl methyl sites for hydroxylation is 1. The fourth-order valence-corrected chi connectivity index (χ4v) is 5.84. The Morgan fingerprint density at radius 3 is 2.53 bits per heavy atom. The summed E-state index contributed by atoms with van der Waals surface area (Å²) in [7, 11) is -3.64. The van der Waals surface area contributed by atoms with E-state index < -0.39 is 10.0 Å². The van der Waals surface area contributed by atoms with E-state index in [1.165, 1.54) is 16.4 Å². The number of hydrogen-bond donors (Lipinski definition) is 0. The highest BCUT2D eigenvalue weighted by molar-refractivity contribution is 7.89. The third kappa shape index (κ3) is 4.68. The van der Waals surface area contributed by atoms with Crippen molar-refractivity contribution >= 4 is 15.8 Å². The van der Waals surface area contributed by atoms with Gasteiger partial charge in [0.1, 0.15) is 17.5 Å². The lowest BCUT2D eigenvalue weighted by Crippen LogP contribution is -2.41. The summed E-state index contributed by atoms with van der Waals surface area (Å²) in [5, 5.41) is 0. The molecule has 5 rings (SSSR count). The zero-order valence-corrected chi connectivity index (χ0v) is 19.9. The summed E-state index contributed by atoms with van der Waals surface area (Å²) in [4.78, 5) is 12.1. The minimum atomic E-state index is -3.64. The average Bonchev–Trinajstić information content (AvgIpc) is 2.84. The highest BCUT2D eigenvalue weighted by atomic mass is 32.2. The van der Waals surface area contributed by atoms with E-state index in [-0.39, 0.29) is 17.3 Å². The lowest BCUT2D eigenvalue weighted by Gasteiger charge is -2.34. The predicted molar refractivity (Wildman–Crippen MR) is 127 cm³/mol. The van der Waals surface area contributed by atoms with E-state index in [0.717, 1.165) is 28.2 Å². The number of halogens is 1. The van der Waals surface area contributed by atoms with Gasteiger partial charge in [-0.1, -0.05) is 29.8 Å². The first-order chi connectivity index (χ1) is 16.4. The number of morpholine rings is 1. The third-order valence-electron chi connectivity index (χ3n) is 6.27. The zero-order chi connectivity index (χ0) is 23.7. The number of nitrogens with zero attached hydrogens (tertiary/aromatic N) is 4. The van der Waals surface area contributed by atoms with Crippen LogP contribution in [0, 0.1) is 12.7 Å². The average molecular weight is 483 g/mol. The molecule has 9 heteroatoms. The van der Waals surface area contributed by atoms with Crippen LogP contribution in [0.3, 0.4) is 0 Å². The largest absolute Gasteiger partial charge is 0.378 e. The molecule has 1 fully saturated rings. The fraction of sp³-hybridized carbons (Fsp3) is 0.360. The maximum absolute atomic E-state index is 13.7. The van der Waals surface area contributed by atoms with Gasteiger partial charge in [-0.25, -0.2) is 22.8 Å². The number of hydrogen-bond acceptors (Lipinski definition) is 6. The molecule has 3 heterocycles. The quantitative estimate of drug-likeness (QED) is 0.556. The van der Waals surface area contributed by atoms with Crippen LogP contribution in [-0.4, -0.2) is 55.5 Å². The van der Waals surface area contributed by atoms with Crippen molar-refractivity contribution in [1.82, 2.24) is 14.3 Å². The zero-order valence-electron chi connectivity index (χ0n) is 19.1. The summed E-state index contributed by atoms with van der Waals surface area (Å²) in [5.74, 6) is 1.07. The first kappa shape index (κ1) is 22.9. The van der Waals surface area contributed by atoms with Crippen LogP contribution in [0.15, 0.2) is 53.4 Å². The van der Waals surface area contributed by atoms with E-state index in [1.54, 1.807) is 18.2 Å². The smallest absolute Gasteiger partial charge is 0.243 e. The Kier molecular flexibility index (Phi) is 6.33. The number of rotatable bonds is 5. The first-order valence-electron chi connectivity index (χ1n) is 11.4. The Balaban J connectivity index is 1.50. The second-order valence-corrected chi connectivity index (χ2v) is 10.6. The molecule has 2 aromatic carbocycles. The lowest BCUT2D eigenvalue weighted by atomic mass is 10.1. The highest BCUT2D eigenvalue weighted by Gasteiger charge is 2.32. The molecule has 0 aliphatic carbocycles. The summed E-state index contributed by atoms with van der Waals surface area (Å²) >= 11 is 0. The summed E-state index contributed by atoms with van der Waals surface area (Å²) < 4.78 is 47.4. The van der Waals surface area contributed by atoms with Crippen molar-refractivity contribution in [3.05, 3.63) is 82.6 Å². The number of benzene rings is 2. The Morgan fingerprint density at radius 1 is 1.03 bits per heavy atom. The van der Waals surface area contributed by atoms with E-state index in [2.05, 4.69) is 4.90 Å². The molecule has 178 valence electrons. The van der Waals surface area contributed by atoms with Gasteiger partial charge in [0, 0.05) is 44.6 Å². The number of sulfonamides is 1. The van der Waals surface area contributed by atoms with Gasteiger partial charge in [0.25, 0.3) is 0 Å². The van der Waals surface area contributed by atoms with Gasteiger partial charge in [0.15, 0.2) is 0 Å². The number of ether oxygens (including phenoxy) is 1. The van der Waals surface area contributed by atoms with E-state index >= 15 is 0 Å². The van der Waals surface area contributed by atoms with Crippen molar-refractivity contribution in [3.63, 3.8) is 0 Å². The number of aromatic nitrogens is 2. The molecule has 1 aromatic heterocycles. The maximum atomic E-state index is 13.7. The molecular formula is C25H27FN4O3S. The van der Waals surface area contributed by atoms with Gasteiger partial charge in [-0.3, -0.25) is 0 Å². The van der Waals surface area contributed by atoms with Crippen molar-refractivity contribution in [2.75, 3.05) is 37.7 Å². The molecule has 7 nitrogen and oxygen atoms in total. The minimum Gasteiger partial charge on any atom is -0.378 e. The van der Waals surface area contributed by atoms with Crippen LogP contribution in [0.25, 0.3) is 0 Å². The molecule has 3 aromatic rings. The van der Waals surface area contributed by atoms with Crippen LogP contribution >= 0.6 is 0 Å². The van der Waals surface area contributed by atoms with Crippen LogP contribution in [0.5, 0.6) is 0 Å². The Morgan fingerprint density at radius 2 is 1.79 bits per heavy atom. The van der Waals surface area contributed by atoms with Crippen molar-refractivity contribution in [2.24, 2.45) is 0 Å². The SMILES string of the molecule is Cc1ccc(S(=O)(=O)N2CCc3nc(Cc4cccc(F)c4)nc(N4CCOCC4)c3C2)cc1. The van der Waals surface area contributed by atoms with Gasteiger partial charge in [-0.15, -0.1) is 0 Å². The monoisotopic (exact) mass is 482 g/mol. The van der Waals surface area contributed by atoms with Gasteiger partial charge < -0.3 is 9.64 Å². The Hall–Kier alpha value is -2.88. The molecule has 0 N–H and O–H groups in total. The van der Waals surface area contributed by atoms with Crippen molar-refractivity contribution in [3.8, 4) is 0 Å². The molecule has 0 bridgehead atoms. The predicted octanol–water partition coefficient (Wildman–Crippen LogP) is 3.10. The number of anilines is 1. The molecule has 2 aliphatic rings. The molecule has 34 heavy (non-hydrogen) atoms. The second kappa shape index (κ2) is 9.40. The topological polar surface area (TPSA) is 75.6 Å². The molecular weight excluding hydrogens is 455 g/mol. The molecule has 0 spiro atoms. The normalized spacial score (nSPS) is 16.9. The van der Waals surface area contributed by atoms with Crippen molar-refractivity contribution in [1.29, 1.82) is 0 Å². The maximum Gasteiger partial charge on any atom is 0.243 e. The molecule has 2 aliphatic heterocycles. The summed E-state index contributed by atoms with van der Waals surface area (Å²) in [6.07, 6.45) is 0.907. The Bertz CT molecular complexity index is 1290.